The molecule has 1 amide bonds. The van der Waals surface area contributed by atoms with Crippen molar-refractivity contribution in [2.24, 2.45) is 0 Å². The van der Waals surface area contributed by atoms with Gasteiger partial charge < -0.3 is 20.3 Å². The molecular weight excluding hydrogens is 254 g/mol. The maximum atomic E-state index is 11.3. The van der Waals surface area contributed by atoms with Gasteiger partial charge >= 0.3 is 0 Å². The summed E-state index contributed by atoms with van der Waals surface area (Å²) in [6, 6.07) is 0.350. The van der Waals surface area contributed by atoms with Crippen LogP contribution in [0.3, 0.4) is 0 Å². The van der Waals surface area contributed by atoms with Gasteiger partial charge in [-0.3, -0.25) is 4.79 Å². The summed E-state index contributed by atoms with van der Waals surface area (Å²) < 4.78 is 6.13. The first-order chi connectivity index (χ1) is 9.71. The van der Waals surface area contributed by atoms with Crippen LogP contribution in [0.25, 0.3) is 0 Å². The average Bonchev–Trinajstić information content (AvgIpc) is 2.43. The van der Waals surface area contributed by atoms with Crippen molar-refractivity contribution in [2.45, 2.75) is 57.3 Å². The van der Waals surface area contributed by atoms with E-state index in [0.717, 1.165) is 51.9 Å². The maximum Gasteiger partial charge on any atom is 0.219 e. The molecule has 2 rings (SSSR count). The van der Waals surface area contributed by atoms with E-state index in [1.807, 2.05) is 14.0 Å². The number of likely N-dealkylation sites (N-methyl/N-ethyl adjacent to an activating group) is 1. The smallest absolute Gasteiger partial charge is 0.219 e. The Kier molecular flexibility index (Phi) is 6.26. The summed E-state index contributed by atoms with van der Waals surface area (Å²) in [7, 11) is 2.00. The van der Waals surface area contributed by atoms with Crippen molar-refractivity contribution in [1.82, 2.24) is 15.5 Å². The van der Waals surface area contributed by atoms with E-state index in [2.05, 4.69) is 15.5 Å². The third-order valence-electron chi connectivity index (χ3n) is 4.38. The summed E-state index contributed by atoms with van der Waals surface area (Å²) in [6.45, 7) is 6.39. The summed E-state index contributed by atoms with van der Waals surface area (Å²) in [5.74, 6) is 0.159. The number of amides is 1. The van der Waals surface area contributed by atoms with E-state index in [-0.39, 0.29) is 5.91 Å². The monoisotopic (exact) mass is 283 g/mol. The molecule has 1 saturated heterocycles. The minimum atomic E-state index is 0.159. The van der Waals surface area contributed by atoms with Crippen molar-refractivity contribution in [3.05, 3.63) is 0 Å². The van der Waals surface area contributed by atoms with E-state index in [0.29, 0.717) is 24.7 Å². The van der Waals surface area contributed by atoms with E-state index in [9.17, 15) is 4.79 Å². The van der Waals surface area contributed by atoms with E-state index in [4.69, 9.17) is 4.74 Å². The molecule has 0 atom stereocenters. The molecule has 1 aliphatic heterocycles. The summed E-state index contributed by atoms with van der Waals surface area (Å²) in [5, 5.41) is 6.22. The second-order valence-corrected chi connectivity index (χ2v) is 5.99. The van der Waals surface area contributed by atoms with Crippen molar-refractivity contribution < 1.29 is 9.53 Å². The lowest BCUT2D eigenvalue weighted by atomic mass is 9.88. The number of hydrogen-bond donors (Lipinski definition) is 2. The van der Waals surface area contributed by atoms with E-state index >= 15 is 0 Å². The van der Waals surface area contributed by atoms with Crippen molar-refractivity contribution in [2.75, 3.05) is 33.2 Å². The predicted molar refractivity (Wildman–Crippen MR) is 79.7 cm³/mol. The van der Waals surface area contributed by atoms with Crippen LogP contribution in [0.4, 0.5) is 0 Å². The fraction of sp³-hybridized carbons (Fsp3) is 0.933. The molecule has 0 radical (unpaired) electrons. The van der Waals surface area contributed by atoms with Crippen molar-refractivity contribution in [3.63, 3.8) is 0 Å². The first-order valence-electron chi connectivity index (χ1n) is 8.03. The van der Waals surface area contributed by atoms with Gasteiger partial charge in [0.2, 0.25) is 5.91 Å². The first kappa shape index (κ1) is 15.7. The molecule has 0 spiro atoms. The van der Waals surface area contributed by atoms with Crippen LogP contribution in [0, 0.1) is 0 Å². The molecule has 1 aliphatic carbocycles. The Hall–Kier alpha value is -0.650. The zero-order chi connectivity index (χ0) is 14.4. The number of piperidine rings is 1. The third kappa shape index (κ3) is 4.72. The van der Waals surface area contributed by atoms with Gasteiger partial charge in [-0.15, -0.1) is 0 Å². The highest BCUT2D eigenvalue weighted by Gasteiger charge is 2.33. The van der Waals surface area contributed by atoms with Crippen LogP contribution in [-0.2, 0) is 9.53 Å². The molecule has 0 bridgehead atoms. The van der Waals surface area contributed by atoms with Gasteiger partial charge in [0.25, 0.3) is 0 Å². The number of rotatable bonds is 7. The highest BCUT2D eigenvalue weighted by Crippen LogP contribution is 2.27. The number of ether oxygens (including phenoxy) is 1. The van der Waals surface area contributed by atoms with Crippen LogP contribution in [0.1, 0.15) is 39.0 Å². The van der Waals surface area contributed by atoms with E-state index < -0.39 is 0 Å². The number of nitrogens with one attached hydrogen (secondary N) is 2. The molecule has 0 aromatic heterocycles. The highest BCUT2D eigenvalue weighted by molar-refractivity contribution is 5.75. The van der Waals surface area contributed by atoms with Gasteiger partial charge in [0.05, 0.1) is 12.2 Å². The Balaban J connectivity index is 1.55. The van der Waals surface area contributed by atoms with Gasteiger partial charge in [-0.05, 0) is 32.7 Å². The molecule has 116 valence electrons. The zero-order valence-corrected chi connectivity index (χ0v) is 12.9. The second kappa shape index (κ2) is 7.96. The van der Waals surface area contributed by atoms with Crippen LogP contribution in [0.5, 0.6) is 0 Å². The molecule has 2 fully saturated rings. The lowest BCUT2D eigenvalue weighted by Crippen LogP contribution is -2.49. The maximum absolute atomic E-state index is 11.3. The SMILES string of the molecule is CCC(=O)N[C@H]1C[C@H](OC2CCN(CCNC)CC2)C1. The topological polar surface area (TPSA) is 53.6 Å². The van der Waals surface area contributed by atoms with Crippen LogP contribution >= 0.6 is 0 Å². The van der Waals surface area contributed by atoms with Gasteiger partial charge in [0.15, 0.2) is 0 Å². The molecule has 5 heteroatoms. The lowest BCUT2D eigenvalue weighted by molar-refractivity contribution is -0.125. The highest BCUT2D eigenvalue weighted by atomic mass is 16.5. The Morgan fingerprint density at radius 3 is 2.55 bits per heavy atom. The number of nitrogens with zero attached hydrogens (tertiary/aromatic N) is 1. The van der Waals surface area contributed by atoms with Crippen molar-refractivity contribution in [1.29, 1.82) is 0 Å². The van der Waals surface area contributed by atoms with Gasteiger partial charge in [-0.25, -0.2) is 0 Å². The predicted octanol–water partition coefficient (Wildman–Crippen LogP) is 0.744. The minimum absolute atomic E-state index is 0.159. The van der Waals surface area contributed by atoms with E-state index in [1.165, 1.54) is 0 Å². The fourth-order valence-corrected chi connectivity index (χ4v) is 2.94. The molecule has 0 unspecified atom stereocenters. The number of carbonyl (C=O) groups is 1. The molecule has 1 saturated carbocycles. The van der Waals surface area contributed by atoms with Crippen LogP contribution < -0.4 is 10.6 Å². The van der Waals surface area contributed by atoms with Crippen molar-refractivity contribution in [3.8, 4) is 0 Å². The Morgan fingerprint density at radius 1 is 1.25 bits per heavy atom. The summed E-state index contributed by atoms with van der Waals surface area (Å²) >= 11 is 0. The van der Waals surface area contributed by atoms with Gasteiger partial charge in [0, 0.05) is 38.6 Å². The Bertz CT molecular complexity index is 297. The lowest BCUT2D eigenvalue weighted by Gasteiger charge is -2.40. The zero-order valence-electron chi connectivity index (χ0n) is 12.9. The fourth-order valence-electron chi connectivity index (χ4n) is 2.94. The molecule has 20 heavy (non-hydrogen) atoms. The number of carbonyl (C=O) groups excluding carboxylic acids is 1. The van der Waals surface area contributed by atoms with E-state index in [1.54, 1.807) is 0 Å². The molecular formula is C15H29N3O2. The molecule has 1 heterocycles. The average molecular weight is 283 g/mol. The Morgan fingerprint density at radius 2 is 1.95 bits per heavy atom. The summed E-state index contributed by atoms with van der Waals surface area (Å²) in [4.78, 5) is 13.8. The summed E-state index contributed by atoms with van der Waals surface area (Å²) in [6.07, 6.45) is 5.64. The second-order valence-electron chi connectivity index (χ2n) is 5.99. The summed E-state index contributed by atoms with van der Waals surface area (Å²) in [5.41, 5.74) is 0. The van der Waals surface area contributed by atoms with Gasteiger partial charge in [0.1, 0.15) is 0 Å². The Labute approximate surface area is 122 Å². The molecule has 0 aromatic carbocycles. The normalized spacial score (nSPS) is 28.1. The third-order valence-corrected chi connectivity index (χ3v) is 4.38. The molecule has 5 nitrogen and oxygen atoms in total. The van der Waals surface area contributed by atoms with Crippen molar-refractivity contribution >= 4 is 5.91 Å². The number of likely N-dealkylation sites (tertiary alicyclic amines) is 1. The minimum Gasteiger partial charge on any atom is -0.375 e. The largest absolute Gasteiger partial charge is 0.375 e. The molecule has 2 aliphatic rings. The first-order valence-corrected chi connectivity index (χ1v) is 8.03. The van der Waals surface area contributed by atoms with Gasteiger partial charge in [-0.1, -0.05) is 6.92 Å². The van der Waals surface area contributed by atoms with Gasteiger partial charge in [-0.2, -0.15) is 0 Å². The van der Waals surface area contributed by atoms with Crippen LogP contribution in [-0.4, -0.2) is 62.3 Å². The quantitative estimate of drug-likeness (QED) is 0.724. The molecule has 0 aromatic rings. The standard InChI is InChI=1S/C15H29N3O2/c1-3-15(19)17-12-10-14(11-12)20-13-4-7-18(8-5-13)9-6-16-2/h12-14,16H,3-11H2,1-2H3,(H,17,19)/t12-,14-. The molecule has 2 N–H and O–H groups in total. The van der Waals surface area contributed by atoms with Crippen LogP contribution in [0.2, 0.25) is 0 Å². The number of hydrogen-bond acceptors (Lipinski definition) is 4. The van der Waals surface area contributed by atoms with Crippen LogP contribution in [0.15, 0.2) is 0 Å².